The van der Waals surface area contributed by atoms with Gasteiger partial charge in [-0.05, 0) is 30.5 Å². The molecule has 0 saturated heterocycles. The number of rotatable bonds is 4. The lowest BCUT2D eigenvalue weighted by Gasteiger charge is -2.12. The van der Waals surface area contributed by atoms with Crippen LogP contribution in [-0.2, 0) is 9.84 Å². The maximum Gasteiger partial charge on any atom is 0.319 e. The van der Waals surface area contributed by atoms with Gasteiger partial charge >= 0.3 is 6.03 Å². The second-order valence-electron chi connectivity index (χ2n) is 4.96. The van der Waals surface area contributed by atoms with Crippen LogP contribution < -0.4 is 10.6 Å². The lowest BCUT2D eigenvalue weighted by molar-refractivity contribution is 0.251. The van der Waals surface area contributed by atoms with Crippen molar-refractivity contribution in [1.29, 1.82) is 0 Å². The van der Waals surface area contributed by atoms with Crippen molar-refractivity contribution in [2.75, 3.05) is 11.1 Å². The molecule has 0 bridgehead atoms. The molecular weight excluding hydrogens is 283 g/mol. The van der Waals surface area contributed by atoms with Crippen LogP contribution in [0.2, 0.25) is 0 Å². The number of carbonyl (C=O) groups is 1. The summed E-state index contributed by atoms with van der Waals surface area (Å²) in [7, 11) is -3.60. The maximum absolute atomic E-state index is 13.2. The Balaban J connectivity index is 2.20. The van der Waals surface area contributed by atoms with Gasteiger partial charge in [0, 0.05) is 6.04 Å². The van der Waals surface area contributed by atoms with E-state index in [1.807, 2.05) is 6.92 Å². The molecule has 7 heteroatoms. The average molecular weight is 300 g/mol. The first-order valence-corrected chi connectivity index (χ1v) is 8.08. The number of carbonyl (C=O) groups excluding carboxylic acids is 1. The number of anilines is 1. The van der Waals surface area contributed by atoms with Gasteiger partial charge in [-0.3, -0.25) is 0 Å². The Bertz CT molecular complexity index is 631. The fraction of sp³-hybridized carbons (Fsp3) is 0.462. The van der Waals surface area contributed by atoms with Crippen molar-refractivity contribution >= 4 is 21.6 Å². The van der Waals surface area contributed by atoms with Gasteiger partial charge in [-0.25, -0.2) is 17.6 Å². The molecule has 0 aliphatic heterocycles. The molecule has 0 spiro atoms. The van der Waals surface area contributed by atoms with E-state index in [1.165, 1.54) is 13.0 Å². The minimum absolute atomic E-state index is 0.0963. The van der Waals surface area contributed by atoms with Crippen LogP contribution in [0.1, 0.15) is 20.3 Å². The first-order chi connectivity index (χ1) is 9.33. The van der Waals surface area contributed by atoms with E-state index >= 15 is 0 Å². The van der Waals surface area contributed by atoms with Crippen molar-refractivity contribution in [2.45, 2.75) is 31.2 Å². The standard InChI is InChI=1S/C13H17FN2O3S/c1-3-20(18,19)12-7-9(14)4-5-10(12)15-13(17)16-11-6-8(11)2/h4-5,7-8,11H,3,6H2,1-2H3,(H2,15,16,17)/t8-,11+/m0/s1. The van der Waals surface area contributed by atoms with E-state index in [9.17, 15) is 17.6 Å². The Kier molecular flexibility index (Phi) is 3.99. The summed E-state index contributed by atoms with van der Waals surface area (Å²) >= 11 is 0. The first kappa shape index (κ1) is 14.8. The van der Waals surface area contributed by atoms with Crippen LogP contribution in [0.3, 0.4) is 0 Å². The summed E-state index contributed by atoms with van der Waals surface area (Å²) in [6, 6.07) is 2.95. The summed E-state index contributed by atoms with van der Waals surface area (Å²) in [6.45, 7) is 3.48. The lowest BCUT2D eigenvalue weighted by atomic mass is 10.3. The zero-order valence-electron chi connectivity index (χ0n) is 11.3. The quantitative estimate of drug-likeness (QED) is 0.894. The molecule has 1 aromatic rings. The second kappa shape index (κ2) is 5.40. The Morgan fingerprint density at radius 2 is 2.10 bits per heavy atom. The Hall–Kier alpha value is -1.63. The molecular formula is C13H17FN2O3S. The fourth-order valence-electron chi connectivity index (χ4n) is 1.86. The van der Waals surface area contributed by atoms with Crippen LogP contribution in [-0.4, -0.2) is 26.2 Å². The molecule has 1 aliphatic carbocycles. The highest BCUT2D eigenvalue weighted by atomic mass is 32.2. The van der Waals surface area contributed by atoms with E-state index in [-0.39, 0.29) is 22.4 Å². The van der Waals surface area contributed by atoms with Crippen LogP contribution in [0.5, 0.6) is 0 Å². The third kappa shape index (κ3) is 3.27. The zero-order valence-corrected chi connectivity index (χ0v) is 12.1. The van der Waals surface area contributed by atoms with Crippen molar-refractivity contribution < 1.29 is 17.6 Å². The van der Waals surface area contributed by atoms with Gasteiger partial charge in [-0.15, -0.1) is 0 Å². The van der Waals surface area contributed by atoms with E-state index in [1.54, 1.807) is 0 Å². The number of urea groups is 1. The Morgan fingerprint density at radius 3 is 2.65 bits per heavy atom. The Labute approximate surface area is 117 Å². The number of halogens is 1. The number of nitrogens with one attached hydrogen (secondary N) is 2. The molecule has 1 saturated carbocycles. The number of sulfone groups is 1. The van der Waals surface area contributed by atoms with Crippen LogP contribution >= 0.6 is 0 Å². The van der Waals surface area contributed by atoms with Gasteiger partial charge in [0.25, 0.3) is 0 Å². The van der Waals surface area contributed by atoms with Crippen LogP contribution in [0.15, 0.2) is 23.1 Å². The molecule has 0 heterocycles. The molecule has 2 atom stereocenters. The highest BCUT2D eigenvalue weighted by Gasteiger charge is 2.34. The highest BCUT2D eigenvalue weighted by Crippen LogP contribution is 2.29. The van der Waals surface area contributed by atoms with Crippen LogP contribution in [0, 0.1) is 11.7 Å². The van der Waals surface area contributed by atoms with Gasteiger partial charge in [0.2, 0.25) is 0 Å². The molecule has 0 radical (unpaired) electrons. The summed E-state index contributed by atoms with van der Waals surface area (Å²) in [4.78, 5) is 11.6. The van der Waals surface area contributed by atoms with Crippen molar-refractivity contribution in [3.63, 3.8) is 0 Å². The van der Waals surface area contributed by atoms with E-state index in [4.69, 9.17) is 0 Å². The molecule has 5 nitrogen and oxygen atoms in total. The van der Waals surface area contributed by atoms with Crippen molar-refractivity contribution in [3.05, 3.63) is 24.0 Å². The molecule has 2 rings (SSSR count). The molecule has 1 aromatic carbocycles. The largest absolute Gasteiger partial charge is 0.335 e. The normalized spacial score (nSPS) is 21.4. The molecule has 0 aromatic heterocycles. The van der Waals surface area contributed by atoms with Crippen molar-refractivity contribution in [2.24, 2.45) is 5.92 Å². The van der Waals surface area contributed by atoms with Crippen LogP contribution in [0.4, 0.5) is 14.9 Å². The number of amides is 2. The second-order valence-corrected chi connectivity index (χ2v) is 7.21. The van der Waals surface area contributed by atoms with E-state index in [0.29, 0.717) is 5.92 Å². The van der Waals surface area contributed by atoms with Gasteiger partial charge in [0.05, 0.1) is 16.3 Å². The van der Waals surface area contributed by atoms with Crippen molar-refractivity contribution in [3.8, 4) is 0 Å². The summed E-state index contributed by atoms with van der Waals surface area (Å²) in [5.74, 6) is -0.376. The van der Waals surface area contributed by atoms with Gasteiger partial charge in [-0.1, -0.05) is 13.8 Å². The molecule has 1 fully saturated rings. The maximum atomic E-state index is 13.2. The molecule has 20 heavy (non-hydrogen) atoms. The average Bonchev–Trinajstić information content (AvgIpc) is 3.06. The number of hydrogen-bond donors (Lipinski definition) is 2. The minimum Gasteiger partial charge on any atom is -0.335 e. The number of benzene rings is 1. The lowest BCUT2D eigenvalue weighted by Crippen LogP contribution is -2.31. The summed E-state index contributed by atoms with van der Waals surface area (Å²) < 4.78 is 37.0. The smallest absolute Gasteiger partial charge is 0.319 e. The van der Waals surface area contributed by atoms with Crippen LogP contribution in [0.25, 0.3) is 0 Å². The van der Waals surface area contributed by atoms with Gasteiger partial charge in [-0.2, -0.15) is 0 Å². The van der Waals surface area contributed by atoms with E-state index in [2.05, 4.69) is 10.6 Å². The monoisotopic (exact) mass is 300 g/mol. The third-order valence-electron chi connectivity index (χ3n) is 3.33. The molecule has 2 amide bonds. The fourth-order valence-corrected chi connectivity index (χ4v) is 2.92. The Morgan fingerprint density at radius 1 is 1.45 bits per heavy atom. The molecule has 1 aliphatic rings. The van der Waals surface area contributed by atoms with Gasteiger partial charge < -0.3 is 10.6 Å². The summed E-state index contributed by atoms with van der Waals surface area (Å²) in [5, 5.41) is 5.20. The first-order valence-electron chi connectivity index (χ1n) is 6.43. The predicted octanol–water partition coefficient (Wildman–Crippen LogP) is 2.15. The highest BCUT2D eigenvalue weighted by molar-refractivity contribution is 7.91. The topological polar surface area (TPSA) is 75.3 Å². The van der Waals surface area contributed by atoms with E-state index in [0.717, 1.165) is 18.6 Å². The predicted molar refractivity (Wildman–Crippen MR) is 73.9 cm³/mol. The van der Waals surface area contributed by atoms with Crippen molar-refractivity contribution in [1.82, 2.24) is 5.32 Å². The summed E-state index contributed by atoms with van der Waals surface area (Å²) in [6.07, 6.45) is 0.914. The SMILES string of the molecule is CCS(=O)(=O)c1cc(F)ccc1NC(=O)N[C@@H]1C[C@@H]1C. The zero-order chi connectivity index (χ0) is 14.9. The van der Waals surface area contributed by atoms with E-state index < -0.39 is 21.7 Å². The summed E-state index contributed by atoms with van der Waals surface area (Å²) in [5.41, 5.74) is 0.0963. The molecule has 2 N–H and O–H groups in total. The van der Waals surface area contributed by atoms with Gasteiger partial charge in [0.15, 0.2) is 9.84 Å². The number of hydrogen-bond acceptors (Lipinski definition) is 3. The minimum atomic E-state index is -3.60. The van der Waals surface area contributed by atoms with Gasteiger partial charge in [0.1, 0.15) is 5.82 Å². The molecule has 110 valence electrons. The third-order valence-corrected chi connectivity index (χ3v) is 5.10. The molecule has 0 unspecified atom stereocenters.